The monoisotopic (exact) mass is 259 g/mol. The predicted octanol–water partition coefficient (Wildman–Crippen LogP) is 4.32. The standard InChI is InChI=1S/C16H18FNO/c1-10-5-4-6-15(11(10)2)18-12(3)14-9-13(17)7-8-16(14)19/h4-9,12,18-19H,1-3H3. The first kappa shape index (κ1) is 13.4. The maximum atomic E-state index is 13.3. The van der Waals surface area contributed by atoms with Crippen LogP contribution in [0.25, 0.3) is 0 Å². The van der Waals surface area contributed by atoms with Crippen molar-refractivity contribution < 1.29 is 9.50 Å². The Labute approximate surface area is 112 Å². The Kier molecular flexibility index (Phi) is 3.74. The number of benzene rings is 2. The van der Waals surface area contributed by atoms with Gasteiger partial charge in [-0.25, -0.2) is 4.39 Å². The van der Waals surface area contributed by atoms with Gasteiger partial charge in [-0.05, 0) is 56.2 Å². The van der Waals surface area contributed by atoms with Crippen LogP contribution < -0.4 is 5.32 Å². The maximum absolute atomic E-state index is 13.3. The minimum absolute atomic E-state index is 0.103. The van der Waals surface area contributed by atoms with E-state index in [1.165, 1.54) is 23.8 Å². The Morgan fingerprint density at radius 1 is 1.16 bits per heavy atom. The highest BCUT2D eigenvalue weighted by atomic mass is 19.1. The molecule has 2 aromatic rings. The molecule has 0 aromatic heterocycles. The first-order valence-electron chi connectivity index (χ1n) is 6.30. The Hall–Kier alpha value is -2.03. The van der Waals surface area contributed by atoms with Crippen LogP contribution in [0.3, 0.4) is 0 Å². The number of anilines is 1. The molecular weight excluding hydrogens is 241 g/mol. The highest BCUT2D eigenvalue weighted by Gasteiger charge is 2.12. The zero-order valence-corrected chi connectivity index (χ0v) is 11.4. The third-order valence-electron chi connectivity index (χ3n) is 3.43. The zero-order chi connectivity index (χ0) is 14.0. The molecule has 0 radical (unpaired) electrons. The minimum Gasteiger partial charge on any atom is -0.508 e. The molecule has 0 saturated carbocycles. The summed E-state index contributed by atoms with van der Waals surface area (Å²) in [5.41, 5.74) is 3.91. The highest BCUT2D eigenvalue weighted by molar-refractivity contribution is 5.55. The predicted molar refractivity (Wildman–Crippen MR) is 76.0 cm³/mol. The van der Waals surface area contributed by atoms with Crippen LogP contribution in [0.4, 0.5) is 10.1 Å². The molecule has 2 N–H and O–H groups in total. The lowest BCUT2D eigenvalue weighted by Gasteiger charge is -2.19. The SMILES string of the molecule is Cc1cccc(NC(C)c2cc(F)ccc2O)c1C. The normalized spacial score (nSPS) is 12.2. The van der Waals surface area contributed by atoms with Crippen LogP contribution in [0.1, 0.15) is 29.7 Å². The second kappa shape index (κ2) is 5.31. The summed E-state index contributed by atoms with van der Waals surface area (Å²) >= 11 is 0. The van der Waals surface area contributed by atoms with E-state index < -0.39 is 0 Å². The van der Waals surface area contributed by atoms with Crippen molar-refractivity contribution in [3.05, 3.63) is 58.9 Å². The molecule has 2 aromatic carbocycles. The summed E-state index contributed by atoms with van der Waals surface area (Å²) < 4.78 is 13.3. The average molecular weight is 259 g/mol. The van der Waals surface area contributed by atoms with Gasteiger partial charge in [-0.3, -0.25) is 0 Å². The second-order valence-electron chi connectivity index (χ2n) is 4.82. The van der Waals surface area contributed by atoms with Crippen molar-refractivity contribution in [1.82, 2.24) is 0 Å². The first-order chi connectivity index (χ1) is 8.99. The molecule has 2 rings (SSSR count). The number of halogens is 1. The number of rotatable bonds is 3. The molecule has 1 atom stereocenters. The van der Waals surface area contributed by atoms with Crippen molar-refractivity contribution in [3.8, 4) is 5.75 Å². The van der Waals surface area contributed by atoms with Gasteiger partial charge in [0.2, 0.25) is 0 Å². The molecule has 0 aliphatic rings. The van der Waals surface area contributed by atoms with Gasteiger partial charge in [0.1, 0.15) is 11.6 Å². The van der Waals surface area contributed by atoms with Crippen molar-refractivity contribution in [2.45, 2.75) is 26.8 Å². The number of aryl methyl sites for hydroxylation is 1. The topological polar surface area (TPSA) is 32.3 Å². The van der Waals surface area contributed by atoms with Gasteiger partial charge in [-0.2, -0.15) is 0 Å². The quantitative estimate of drug-likeness (QED) is 0.860. The van der Waals surface area contributed by atoms with E-state index >= 15 is 0 Å². The van der Waals surface area contributed by atoms with E-state index in [0.29, 0.717) is 5.56 Å². The summed E-state index contributed by atoms with van der Waals surface area (Å²) in [5.74, 6) is -0.242. The molecule has 1 unspecified atom stereocenters. The summed E-state index contributed by atoms with van der Waals surface area (Å²) in [5, 5.41) is 13.1. The third kappa shape index (κ3) is 2.87. The van der Waals surface area contributed by atoms with Crippen LogP contribution in [0, 0.1) is 19.7 Å². The van der Waals surface area contributed by atoms with Crippen molar-refractivity contribution in [2.24, 2.45) is 0 Å². The molecule has 0 amide bonds. The fourth-order valence-corrected chi connectivity index (χ4v) is 2.09. The van der Waals surface area contributed by atoms with Gasteiger partial charge in [0.05, 0.1) is 6.04 Å². The molecule has 0 aliphatic heterocycles. The molecule has 0 saturated heterocycles. The third-order valence-corrected chi connectivity index (χ3v) is 3.43. The van der Waals surface area contributed by atoms with Crippen LogP contribution >= 0.6 is 0 Å². The fourth-order valence-electron chi connectivity index (χ4n) is 2.09. The zero-order valence-electron chi connectivity index (χ0n) is 11.4. The number of nitrogens with one attached hydrogen (secondary N) is 1. The Bertz CT molecular complexity index is 595. The molecule has 19 heavy (non-hydrogen) atoms. The van der Waals surface area contributed by atoms with E-state index in [-0.39, 0.29) is 17.6 Å². The minimum atomic E-state index is -0.345. The smallest absolute Gasteiger partial charge is 0.123 e. The summed E-state index contributed by atoms with van der Waals surface area (Å²) in [7, 11) is 0. The van der Waals surface area contributed by atoms with Gasteiger partial charge in [0.25, 0.3) is 0 Å². The Morgan fingerprint density at radius 2 is 1.89 bits per heavy atom. The van der Waals surface area contributed by atoms with Crippen molar-refractivity contribution in [1.29, 1.82) is 0 Å². The molecule has 2 nitrogen and oxygen atoms in total. The Balaban J connectivity index is 2.28. The molecule has 0 bridgehead atoms. The van der Waals surface area contributed by atoms with E-state index in [0.717, 1.165) is 11.3 Å². The Morgan fingerprint density at radius 3 is 2.63 bits per heavy atom. The van der Waals surface area contributed by atoms with Gasteiger partial charge >= 0.3 is 0 Å². The van der Waals surface area contributed by atoms with E-state index in [1.54, 1.807) is 0 Å². The van der Waals surface area contributed by atoms with E-state index in [1.807, 2.05) is 39.0 Å². The molecule has 3 heteroatoms. The van der Waals surface area contributed by atoms with Crippen LogP contribution in [-0.4, -0.2) is 5.11 Å². The van der Waals surface area contributed by atoms with Crippen LogP contribution in [0.15, 0.2) is 36.4 Å². The van der Waals surface area contributed by atoms with Crippen LogP contribution in [0.2, 0.25) is 0 Å². The lowest BCUT2D eigenvalue weighted by Crippen LogP contribution is -2.08. The largest absolute Gasteiger partial charge is 0.508 e. The molecule has 0 fully saturated rings. The molecule has 0 aliphatic carbocycles. The van der Waals surface area contributed by atoms with Crippen LogP contribution in [-0.2, 0) is 0 Å². The van der Waals surface area contributed by atoms with E-state index in [2.05, 4.69) is 5.32 Å². The van der Waals surface area contributed by atoms with Gasteiger partial charge in [-0.1, -0.05) is 12.1 Å². The fraction of sp³-hybridized carbons (Fsp3) is 0.250. The van der Waals surface area contributed by atoms with Gasteiger partial charge < -0.3 is 10.4 Å². The summed E-state index contributed by atoms with van der Waals surface area (Å²) in [6.07, 6.45) is 0. The number of hydrogen-bond acceptors (Lipinski definition) is 2. The van der Waals surface area contributed by atoms with Gasteiger partial charge in [0, 0.05) is 11.3 Å². The van der Waals surface area contributed by atoms with Crippen molar-refractivity contribution in [2.75, 3.05) is 5.32 Å². The lowest BCUT2D eigenvalue weighted by atomic mass is 10.0. The molecule has 100 valence electrons. The summed E-state index contributed by atoms with van der Waals surface area (Å²) in [4.78, 5) is 0. The number of aromatic hydroxyl groups is 1. The first-order valence-corrected chi connectivity index (χ1v) is 6.30. The molecular formula is C16H18FNO. The van der Waals surface area contributed by atoms with Crippen molar-refractivity contribution in [3.63, 3.8) is 0 Å². The summed E-state index contributed by atoms with van der Waals surface area (Å²) in [6, 6.07) is 9.83. The van der Waals surface area contributed by atoms with Gasteiger partial charge in [-0.15, -0.1) is 0 Å². The summed E-state index contributed by atoms with van der Waals surface area (Å²) in [6.45, 7) is 5.98. The molecule has 0 spiro atoms. The maximum Gasteiger partial charge on any atom is 0.123 e. The van der Waals surface area contributed by atoms with Crippen molar-refractivity contribution >= 4 is 5.69 Å². The number of hydrogen-bond donors (Lipinski definition) is 2. The molecule has 0 heterocycles. The van der Waals surface area contributed by atoms with Gasteiger partial charge in [0.15, 0.2) is 0 Å². The number of phenolic OH excluding ortho intramolecular Hbond substituents is 1. The second-order valence-corrected chi connectivity index (χ2v) is 4.82. The van der Waals surface area contributed by atoms with E-state index in [4.69, 9.17) is 0 Å². The highest BCUT2D eigenvalue weighted by Crippen LogP contribution is 2.29. The number of phenols is 1. The average Bonchev–Trinajstić information content (AvgIpc) is 2.38. The van der Waals surface area contributed by atoms with Crippen LogP contribution in [0.5, 0.6) is 5.75 Å². The lowest BCUT2D eigenvalue weighted by molar-refractivity contribution is 0.462. The van der Waals surface area contributed by atoms with E-state index in [9.17, 15) is 9.50 Å².